The molecule has 1 aliphatic rings. The number of rotatable bonds is 7. The first-order chi connectivity index (χ1) is 16.8. The van der Waals surface area contributed by atoms with Crippen molar-refractivity contribution >= 4 is 17.3 Å². The minimum Gasteiger partial charge on any atom is -0.497 e. The number of ether oxygens (including phenoxy) is 2. The van der Waals surface area contributed by atoms with Gasteiger partial charge in [-0.3, -0.25) is 4.90 Å². The summed E-state index contributed by atoms with van der Waals surface area (Å²) in [4.78, 5) is 8.77. The number of aromatic nitrogens is 1. The van der Waals surface area contributed by atoms with Crippen LogP contribution in [0.5, 0.6) is 11.6 Å². The third-order valence-electron chi connectivity index (χ3n) is 6.43. The molecule has 3 aromatic rings. The molecule has 8 heteroatoms. The molecule has 1 aromatic heterocycles. The maximum absolute atomic E-state index is 11.3. The number of nitrogens with zero attached hydrogens (tertiary/aromatic N) is 4. The van der Waals surface area contributed by atoms with Crippen molar-refractivity contribution in [1.82, 2.24) is 9.88 Å². The molecule has 0 amide bonds. The third kappa shape index (κ3) is 5.51. The molecule has 2 heterocycles. The number of anilines is 1. The molecular formula is C27H29ClN4O3. The van der Waals surface area contributed by atoms with Crippen molar-refractivity contribution in [2.45, 2.75) is 18.6 Å². The van der Waals surface area contributed by atoms with Crippen LogP contribution in [0.25, 0.3) is 0 Å². The molecule has 2 aromatic carbocycles. The first kappa shape index (κ1) is 24.8. The van der Waals surface area contributed by atoms with Gasteiger partial charge in [0.1, 0.15) is 11.4 Å². The van der Waals surface area contributed by atoms with Crippen LogP contribution >= 0.6 is 11.6 Å². The number of benzene rings is 2. The Hall–Kier alpha value is -3.31. The molecule has 35 heavy (non-hydrogen) atoms. The van der Waals surface area contributed by atoms with Crippen molar-refractivity contribution in [1.29, 1.82) is 5.26 Å². The quantitative estimate of drug-likeness (QED) is 0.523. The lowest BCUT2D eigenvalue weighted by Gasteiger charge is -2.45. The summed E-state index contributed by atoms with van der Waals surface area (Å²) in [6.07, 6.45) is 1.66. The van der Waals surface area contributed by atoms with E-state index in [9.17, 15) is 10.4 Å². The highest BCUT2D eigenvalue weighted by atomic mass is 35.5. The van der Waals surface area contributed by atoms with Gasteiger partial charge in [-0.15, -0.1) is 0 Å². The Labute approximate surface area is 211 Å². The Kier molecular flexibility index (Phi) is 7.46. The largest absolute Gasteiger partial charge is 0.497 e. The SMILES string of the molecule is COc1cccc([C@@H]2CN(C[C@@](C)(O)c3ccc(OC)nc3)CCN2c2ccc(C#N)cc2Cl)c1. The second-order valence-corrected chi connectivity index (χ2v) is 9.27. The second kappa shape index (κ2) is 10.5. The van der Waals surface area contributed by atoms with Crippen LogP contribution in [0.15, 0.2) is 60.8 Å². The van der Waals surface area contributed by atoms with Crippen molar-refractivity contribution in [2.24, 2.45) is 0 Å². The molecule has 7 nitrogen and oxygen atoms in total. The average Bonchev–Trinajstić information content (AvgIpc) is 2.88. The maximum atomic E-state index is 11.3. The topological polar surface area (TPSA) is 81.9 Å². The van der Waals surface area contributed by atoms with Crippen LogP contribution in [0.3, 0.4) is 0 Å². The van der Waals surface area contributed by atoms with Gasteiger partial charge in [0, 0.05) is 44.0 Å². The molecule has 1 aliphatic heterocycles. The summed E-state index contributed by atoms with van der Waals surface area (Å²) in [5, 5.41) is 21.1. The molecule has 4 rings (SSSR count). The van der Waals surface area contributed by atoms with Crippen molar-refractivity contribution in [3.8, 4) is 17.7 Å². The van der Waals surface area contributed by atoms with Crippen LogP contribution in [0.1, 0.15) is 29.7 Å². The zero-order valence-electron chi connectivity index (χ0n) is 20.1. The summed E-state index contributed by atoms with van der Waals surface area (Å²) < 4.78 is 10.6. The van der Waals surface area contributed by atoms with Crippen LogP contribution in [0.4, 0.5) is 5.69 Å². The van der Waals surface area contributed by atoms with Gasteiger partial charge in [-0.2, -0.15) is 5.26 Å². The predicted octanol–water partition coefficient (Wildman–Crippen LogP) is 4.39. The Balaban J connectivity index is 1.62. The summed E-state index contributed by atoms with van der Waals surface area (Å²) in [5.41, 5.74) is 2.13. The van der Waals surface area contributed by atoms with Gasteiger partial charge in [-0.25, -0.2) is 4.98 Å². The number of β-amino-alcohol motifs (C(OH)–C–C–N with tert-alkyl or cyclic N) is 1. The highest BCUT2D eigenvalue weighted by molar-refractivity contribution is 6.33. The first-order valence-electron chi connectivity index (χ1n) is 11.4. The summed E-state index contributed by atoms with van der Waals surface area (Å²) >= 11 is 6.61. The van der Waals surface area contributed by atoms with Gasteiger partial charge in [-0.1, -0.05) is 23.7 Å². The second-order valence-electron chi connectivity index (χ2n) is 8.86. The van der Waals surface area contributed by atoms with Gasteiger partial charge < -0.3 is 19.5 Å². The summed E-state index contributed by atoms with van der Waals surface area (Å²) in [6, 6.07) is 19.1. The number of nitriles is 1. The molecule has 0 saturated carbocycles. The summed E-state index contributed by atoms with van der Waals surface area (Å²) in [6.45, 7) is 4.35. The van der Waals surface area contributed by atoms with Crippen LogP contribution in [0, 0.1) is 11.3 Å². The molecule has 0 radical (unpaired) electrons. The van der Waals surface area contributed by atoms with E-state index in [2.05, 4.69) is 26.9 Å². The maximum Gasteiger partial charge on any atom is 0.212 e. The van der Waals surface area contributed by atoms with Crippen LogP contribution in [0.2, 0.25) is 5.02 Å². The Bertz CT molecular complexity index is 1210. The molecule has 1 N–H and O–H groups in total. The van der Waals surface area contributed by atoms with Gasteiger partial charge in [0.2, 0.25) is 5.88 Å². The molecule has 0 bridgehead atoms. The summed E-state index contributed by atoms with van der Waals surface area (Å²) in [5.74, 6) is 1.29. The van der Waals surface area contributed by atoms with Gasteiger partial charge in [0.15, 0.2) is 0 Å². The van der Waals surface area contributed by atoms with Gasteiger partial charge in [0.25, 0.3) is 0 Å². The molecule has 0 unspecified atom stereocenters. The number of piperazine rings is 1. The fraction of sp³-hybridized carbons (Fsp3) is 0.333. The highest BCUT2D eigenvalue weighted by Crippen LogP contribution is 2.37. The minimum atomic E-state index is -1.09. The number of aliphatic hydroxyl groups is 1. The fourth-order valence-electron chi connectivity index (χ4n) is 4.56. The number of hydrogen-bond acceptors (Lipinski definition) is 7. The third-order valence-corrected chi connectivity index (χ3v) is 6.73. The Morgan fingerprint density at radius 2 is 1.97 bits per heavy atom. The normalized spacial score (nSPS) is 17.9. The average molecular weight is 493 g/mol. The van der Waals surface area contributed by atoms with Gasteiger partial charge >= 0.3 is 0 Å². The van der Waals surface area contributed by atoms with Gasteiger partial charge in [0.05, 0.1) is 42.6 Å². The fourth-order valence-corrected chi connectivity index (χ4v) is 4.85. The lowest BCUT2D eigenvalue weighted by molar-refractivity contribution is 0.00996. The number of hydrogen-bond donors (Lipinski definition) is 1. The zero-order chi connectivity index (χ0) is 25.0. The van der Waals surface area contributed by atoms with Crippen molar-refractivity contribution in [2.75, 3.05) is 45.3 Å². The van der Waals surface area contributed by atoms with E-state index in [1.807, 2.05) is 30.3 Å². The number of methoxy groups -OCH3 is 2. The molecular weight excluding hydrogens is 464 g/mol. The van der Waals surface area contributed by atoms with Crippen molar-refractivity contribution < 1.29 is 14.6 Å². The monoisotopic (exact) mass is 492 g/mol. The van der Waals surface area contributed by atoms with Crippen LogP contribution in [-0.2, 0) is 5.60 Å². The van der Waals surface area contributed by atoms with Crippen LogP contribution in [-0.4, -0.2) is 55.4 Å². The Morgan fingerprint density at radius 1 is 1.14 bits per heavy atom. The van der Waals surface area contributed by atoms with Crippen molar-refractivity contribution in [3.63, 3.8) is 0 Å². The van der Waals surface area contributed by atoms with Crippen LogP contribution < -0.4 is 14.4 Å². The van der Waals surface area contributed by atoms with E-state index >= 15 is 0 Å². The number of pyridine rings is 1. The molecule has 0 aliphatic carbocycles. The van der Waals surface area contributed by atoms with E-state index < -0.39 is 5.60 Å². The van der Waals surface area contributed by atoms with Crippen molar-refractivity contribution in [3.05, 3.63) is 82.5 Å². The Morgan fingerprint density at radius 3 is 2.63 bits per heavy atom. The smallest absolute Gasteiger partial charge is 0.212 e. The summed E-state index contributed by atoms with van der Waals surface area (Å²) in [7, 11) is 3.22. The molecule has 2 atom stereocenters. The number of halogens is 1. The van der Waals surface area contributed by atoms with Gasteiger partial charge in [-0.05, 0) is 48.9 Å². The highest BCUT2D eigenvalue weighted by Gasteiger charge is 2.34. The van der Waals surface area contributed by atoms with E-state index in [-0.39, 0.29) is 6.04 Å². The molecule has 0 spiro atoms. The minimum absolute atomic E-state index is 0.0333. The predicted molar refractivity (Wildman–Crippen MR) is 136 cm³/mol. The first-order valence-corrected chi connectivity index (χ1v) is 11.8. The van der Waals surface area contributed by atoms with E-state index in [1.54, 1.807) is 45.5 Å². The molecule has 1 saturated heterocycles. The molecule has 182 valence electrons. The lowest BCUT2D eigenvalue weighted by Crippen LogP contribution is -2.52. The van der Waals surface area contributed by atoms with E-state index in [1.165, 1.54) is 0 Å². The van der Waals surface area contributed by atoms with E-state index in [4.69, 9.17) is 21.1 Å². The molecule has 1 fully saturated rings. The zero-order valence-corrected chi connectivity index (χ0v) is 20.9. The lowest BCUT2D eigenvalue weighted by atomic mass is 9.95. The standard InChI is InChI=1S/C27H29ClN4O3/c1-27(33,21-8-10-26(35-3)30-16-21)18-31-11-12-32(24-9-7-19(15-29)13-23(24)28)25(17-31)20-5-4-6-22(14-20)34-2/h4-10,13-14,16,25,33H,11-12,17-18H2,1-3H3/t25-,27+/m0/s1. The van der Waals surface area contributed by atoms with E-state index in [0.29, 0.717) is 36.1 Å². The van der Waals surface area contributed by atoms with E-state index in [0.717, 1.165) is 29.1 Å².